The molecule has 0 spiro atoms. The number of ether oxygens (including phenoxy) is 1. The summed E-state index contributed by atoms with van der Waals surface area (Å²) >= 11 is 5.88. The van der Waals surface area contributed by atoms with E-state index in [2.05, 4.69) is 0 Å². The maximum Gasteiger partial charge on any atom is 0.210 e. The number of carbonyl (C=O) groups excluding carboxylic acids is 1. The van der Waals surface area contributed by atoms with E-state index in [1.165, 1.54) is 6.07 Å². The topological polar surface area (TPSA) is 59.8 Å². The summed E-state index contributed by atoms with van der Waals surface area (Å²) in [6, 6.07) is 4.80. The molecular weight excluding hydrogens is 282 g/mol. The van der Waals surface area contributed by atoms with Gasteiger partial charge in [0, 0.05) is 18.1 Å². The number of rotatable bonds is 2. The number of fused-ring (bicyclic) bond motifs is 1. The maximum absolute atomic E-state index is 12.4. The minimum Gasteiger partial charge on any atom is -0.439 e. The lowest BCUT2D eigenvalue weighted by atomic mass is 10.1. The highest BCUT2D eigenvalue weighted by molar-refractivity contribution is 6.31. The van der Waals surface area contributed by atoms with Crippen LogP contribution in [0.3, 0.4) is 0 Å². The molecule has 1 aromatic heterocycles. The predicted molar refractivity (Wildman–Crippen MR) is 75.9 cm³/mol. The molecule has 1 saturated heterocycles. The van der Waals surface area contributed by atoms with Gasteiger partial charge < -0.3 is 14.1 Å². The first kappa shape index (κ1) is 13.1. The smallest absolute Gasteiger partial charge is 0.210 e. The molecule has 5 nitrogen and oxygen atoms in total. The Morgan fingerprint density at radius 3 is 2.70 bits per heavy atom. The number of hydrogen-bond acceptors (Lipinski definition) is 5. The van der Waals surface area contributed by atoms with Crippen LogP contribution in [0.15, 0.2) is 27.4 Å². The van der Waals surface area contributed by atoms with Gasteiger partial charge in [0.25, 0.3) is 0 Å². The van der Waals surface area contributed by atoms with Gasteiger partial charge in [0.05, 0.1) is 18.6 Å². The average Bonchev–Trinajstić information content (AvgIpc) is 2.48. The van der Waals surface area contributed by atoms with Crippen LogP contribution in [0.5, 0.6) is 0 Å². The second kappa shape index (κ2) is 5.26. The van der Waals surface area contributed by atoms with Crippen molar-refractivity contribution in [1.29, 1.82) is 0 Å². The fraction of sp³-hybridized carbons (Fsp3) is 0.286. The molecule has 1 aromatic carbocycles. The van der Waals surface area contributed by atoms with Gasteiger partial charge in [-0.15, -0.1) is 0 Å². The van der Waals surface area contributed by atoms with Crippen molar-refractivity contribution < 1.29 is 13.9 Å². The van der Waals surface area contributed by atoms with Crippen LogP contribution < -0.4 is 10.3 Å². The second-order valence-electron chi connectivity index (χ2n) is 4.51. The molecule has 2 aromatic rings. The van der Waals surface area contributed by atoms with Crippen molar-refractivity contribution in [3.8, 4) is 0 Å². The van der Waals surface area contributed by atoms with Gasteiger partial charge in [-0.3, -0.25) is 9.59 Å². The number of nitrogens with zero attached hydrogens (tertiary/aromatic N) is 1. The minimum absolute atomic E-state index is 0.0293. The van der Waals surface area contributed by atoms with E-state index in [4.69, 9.17) is 20.8 Å². The second-order valence-corrected chi connectivity index (χ2v) is 4.94. The third kappa shape index (κ3) is 2.19. The Bertz CT molecular complexity index is 719. The molecule has 104 valence electrons. The Kier molecular flexibility index (Phi) is 3.46. The fourth-order valence-corrected chi connectivity index (χ4v) is 2.45. The number of hydrogen-bond donors (Lipinski definition) is 0. The lowest BCUT2D eigenvalue weighted by Gasteiger charge is -2.28. The van der Waals surface area contributed by atoms with Crippen molar-refractivity contribution in [2.45, 2.75) is 0 Å². The van der Waals surface area contributed by atoms with Gasteiger partial charge >= 0.3 is 0 Å². The molecule has 0 amide bonds. The van der Waals surface area contributed by atoms with Gasteiger partial charge in [0.15, 0.2) is 6.29 Å². The van der Waals surface area contributed by atoms with Crippen LogP contribution in [-0.4, -0.2) is 32.6 Å². The zero-order chi connectivity index (χ0) is 14.1. The van der Waals surface area contributed by atoms with Crippen molar-refractivity contribution in [2.24, 2.45) is 0 Å². The lowest BCUT2D eigenvalue weighted by molar-refractivity contribution is 0.111. The summed E-state index contributed by atoms with van der Waals surface area (Å²) in [4.78, 5) is 25.5. The molecule has 1 aliphatic rings. The number of benzene rings is 1. The molecule has 1 aliphatic heterocycles. The molecule has 20 heavy (non-hydrogen) atoms. The van der Waals surface area contributed by atoms with E-state index in [0.717, 1.165) is 0 Å². The van der Waals surface area contributed by atoms with Gasteiger partial charge in [0.2, 0.25) is 11.3 Å². The Balaban J connectivity index is 2.23. The molecule has 0 unspecified atom stereocenters. The standard InChI is InChI=1S/C14H12ClNO4/c15-9-1-2-12-10(7-9)13(18)11(8-17)14(20-12)16-3-5-19-6-4-16/h1-2,7-8H,3-6H2. The molecule has 0 aliphatic carbocycles. The SMILES string of the molecule is O=Cc1c(N2CCOCC2)oc2ccc(Cl)cc2c1=O. The first-order valence-corrected chi connectivity index (χ1v) is 6.63. The van der Waals surface area contributed by atoms with E-state index in [0.29, 0.717) is 54.5 Å². The van der Waals surface area contributed by atoms with Crippen molar-refractivity contribution in [3.63, 3.8) is 0 Å². The van der Waals surface area contributed by atoms with E-state index in [1.54, 1.807) is 12.1 Å². The average molecular weight is 294 g/mol. The Labute approximate surface area is 119 Å². The van der Waals surface area contributed by atoms with Crippen LogP contribution in [0, 0.1) is 0 Å². The molecular formula is C14H12ClNO4. The van der Waals surface area contributed by atoms with E-state index in [1.807, 2.05) is 4.90 Å². The molecule has 0 bridgehead atoms. The van der Waals surface area contributed by atoms with Crippen LogP contribution >= 0.6 is 11.6 Å². The number of halogens is 1. The highest BCUT2D eigenvalue weighted by Crippen LogP contribution is 2.25. The predicted octanol–water partition coefficient (Wildman–Crippen LogP) is 2.10. The third-order valence-electron chi connectivity index (χ3n) is 3.28. The van der Waals surface area contributed by atoms with Gasteiger partial charge in [-0.05, 0) is 18.2 Å². The van der Waals surface area contributed by atoms with E-state index >= 15 is 0 Å². The molecule has 6 heteroatoms. The van der Waals surface area contributed by atoms with Crippen LogP contribution in [0.2, 0.25) is 5.02 Å². The lowest BCUT2D eigenvalue weighted by Crippen LogP contribution is -2.37. The molecule has 0 atom stereocenters. The monoisotopic (exact) mass is 293 g/mol. The maximum atomic E-state index is 12.4. The highest BCUT2D eigenvalue weighted by Gasteiger charge is 2.21. The number of carbonyl (C=O) groups is 1. The zero-order valence-electron chi connectivity index (χ0n) is 10.6. The van der Waals surface area contributed by atoms with E-state index in [9.17, 15) is 9.59 Å². The van der Waals surface area contributed by atoms with E-state index in [-0.39, 0.29) is 11.0 Å². The normalized spacial score (nSPS) is 15.6. The Morgan fingerprint density at radius 2 is 2.00 bits per heavy atom. The van der Waals surface area contributed by atoms with Gasteiger partial charge in [-0.25, -0.2) is 0 Å². The molecule has 0 N–H and O–H groups in total. The molecule has 3 rings (SSSR count). The number of anilines is 1. The Hall–Kier alpha value is -1.85. The van der Waals surface area contributed by atoms with Crippen LogP contribution in [-0.2, 0) is 4.74 Å². The highest BCUT2D eigenvalue weighted by atomic mass is 35.5. The summed E-state index contributed by atoms with van der Waals surface area (Å²) in [7, 11) is 0. The first-order chi connectivity index (χ1) is 9.70. The van der Waals surface area contributed by atoms with E-state index < -0.39 is 0 Å². The minimum atomic E-state index is -0.356. The molecule has 0 radical (unpaired) electrons. The molecule has 2 heterocycles. The van der Waals surface area contributed by atoms with Crippen LogP contribution in [0.1, 0.15) is 10.4 Å². The first-order valence-electron chi connectivity index (χ1n) is 6.25. The Morgan fingerprint density at radius 1 is 1.25 bits per heavy atom. The molecule has 0 saturated carbocycles. The fourth-order valence-electron chi connectivity index (χ4n) is 2.28. The summed E-state index contributed by atoms with van der Waals surface area (Å²) < 4.78 is 11.0. The van der Waals surface area contributed by atoms with Crippen molar-refractivity contribution in [3.05, 3.63) is 39.0 Å². The summed E-state index contributed by atoms with van der Waals surface area (Å²) in [5.41, 5.74) is 0.0957. The summed E-state index contributed by atoms with van der Waals surface area (Å²) in [5.74, 6) is 0.308. The summed E-state index contributed by atoms with van der Waals surface area (Å²) in [5, 5.41) is 0.748. The van der Waals surface area contributed by atoms with Gasteiger partial charge in [0.1, 0.15) is 11.1 Å². The van der Waals surface area contributed by atoms with Crippen molar-refractivity contribution >= 4 is 34.7 Å². The number of aldehydes is 1. The quantitative estimate of drug-likeness (QED) is 0.794. The summed E-state index contributed by atoms with van der Waals surface area (Å²) in [6.45, 7) is 2.26. The zero-order valence-corrected chi connectivity index (χ0v) is 11.4. The largest absolute Gasteiger partial charge is 0.439 e. The third-order valence-corrected chi connectivity index (χ3v) is 3.52. The van der Waals surface area contributed by atoms with Crippen molar-refractivity contribution in [1.82, 2.24) is 0 Å². The number of morpholine rings is 1. The van der Waals surface area contributed by atoms with Gasteiger partial charge in [-0.2, -0.15) is 0 Å². The van der Waals surface area contributed by atoms with Gasteiger partial charge in [-0.1, -0.05) is 11.6 Å². The van der Waals surface area contributed by atoms with Crippen molar-refractivity contribution in [2.75, 3.05) is 31.2 Å². The van der Waals surface area contributed by atoms with Crippen LogP contribution in [0.4, 0.5) is 5.88 Å². The van der Waals surface area contributed by atoms with Crippen LogP contribution in [0.25, 0.3) is 11.0 Å². The summed E-state index contributed by atoms with van der Waals surface area (Å²) in [6.07, 6.45) is 0.539. The molecule has 1 fully saturated rings.